The van der Waals surface area contributed by atoms with Crippen molar-refractivity contribution in [2.75, 3.05) is 0 Å². The zero-order valence-electron chi connectivity index (χ0n) is 35.7. The third-order valence-corrected chi connectivity index (χ3v) is 13.1. The van der Waals surface area contributed by atoms with Crippen LogP contribution in [0.1, 0.15) is 23.7 Å². The SMILES string of the molecule is C1=CC(c2nc(-c3ccccc3)nc(-c3cccc4oc5ccccc5c34)n2)CC=C1c1ccc2c(-c3cc(-c4ccc(-c5ccccc5)cc4)cc4oc5ccccc5c34)cccc2c1. The fourth-order valence-corrected chi connectivity index (χ4v) is 9.80. The fourth-order valence-electron chi connectivity index (χ4n) is 9.80. The molecule has 5 nitrogen and oxygen atoms in total. The van der Waals surface area contributed by atoms with E-state index >= 15 is 0 Å². The highest BCUT2D eigenvalue weighted by Crippen LogP contribution is 2.43. The van der Waals surface area contributed by atoms with Crippen molar-refractivity contribution in [1.29, 1.82) is 0 Å². The lowest BCUT2D eigenvalue weighted by molar-refractivity contribution is 0.668. The number of para-hydroxylation sites is 2. The third-order valence-electron chi connectivity index (χ3n) is 13.1. The van der Waals surface area contributed by atoms with Crippen LogP contribution >= 0.6 is 0 Å². The summed E-state index contributed by atoms with van der Waals surface area (Å²) >= 11 is 0. The summed E-state index contributed by atoms with van der Waals surface area (Å²) in [5, 5.41) is 6.66. The molecule has 310 valence electrons. The highest BCUT2D eigenvalue weighted by molar-refractivity contribution is 6.17. The summed E-state index contributed by atoms with van der Waals surface area (Å²) in [5.74, 6) is 2.00. The standard InChI is InChI=1S/C61H39N3O2/c1-3-13-38(14-4-1)39-25-27-41(28-26-39)46-36-52(58-50-19-8-10-23-54(50)66-56(58)37-46)48-20-11-17-45-35-44(33-34-47(45)48)40-29-31-43(32-30-40)60-62-59(42-15-5-2-6-16-42)63-61(64-60)51-21-12-24-55-57(51)49-18-7-9-22-53(49)65-55/h1-31,33-37,43H,32H2. The Morgan fingerprint density at radius 2 is 0.970 bits per heavy atom. The average molecular weight is 846 g/mol. The number of allylic oxidation sites excluding steroid dienone is 4. The van der Waals surface area contributed by atoms with Crippen molar-refractivity contribution in [2.24, 2.45) is 0 Å². The minimum Gasteiger partial charge on any atom is -0.456 e. The van der Waals surface area contributed by atoms with Crippen LogP contribution in [0, 0.1) is 0 Å². The lowest BCUT2D eigenvalue weighted by Crippen LogP contribution is -2.08. The quantitative estimate of drug-likeness (QED) is 0.160. The van der Waals surface area contributed by atoms with Gasteiger partial charge in [0.25, 0.3) is 0 Å². The minimum atomic E-state index is -0.0284. The Hall–Kier alpha value is -8.67. The summed E-state index contributed by atoms with van der Waals surface area (Å²) in [6.45, 7) is 0. The molecule has 5 heteroatoms. The molecule has 66 heavy (non-hydrogen) atoms. The van der Waals surface area contributed by atoms with E-state index in [1.165, 1.54) is 38.6 Å². The Kier molecular flexibility index (Phi) is 8.91. The van der Waals surface area contributed by atoms with Crippen LogP contribution in [0.15, 0.2) is 227 Å². The summed E-state index contributed by atoms with van der Waals surface area (Å²) in [6.07, 6.45) is 7.55. The largest absolute Gasteiger partial charge is 0.456 e. The molecule has 0 saturated heterocycles. The van der Waals surface area contributed by atoms with Gasteiger partial charge >= 0.3 is 0 Å². The molecule has 9 aromatic carbocycles. The number of aromatic nitrogens is 3. The molecule has 1 aliphatic carbocycles. The first-order chi connectivity index (χ1) is 32.7. The van der Waals surface area contributed by atoms with Gasteiger partial charge in [0.1, 0.15) is 28.2 Å². The number of fused-ring (bicyclic) bond motifs is 7. The van der Waals surface area contributed by atoms with E-state index in [2.05, 4.69) is 164 Å². The molecule has 1 unspecified atom stereocenters. The maximum absolute atomic E-state index is 6.58. The fraction of sp³-hybridized carbons (Fsp3) is 0.0328. The van der Waals surface area contributed by atoms with Crippen molar-refractivity contribution in [1.82, 2.24) is 15.0 Å². The van der Waals surface area contributed by atoms with Crippen LogP contribution in [0.25, 0.3) is 116 Å². The average Bonchev–Trinajstić information content (AvgIpc) is 3.97. The van der Waals surface area contributed by atoms with Crippen molar-refractivity contribution in [3.63, 3.8) is 0 Å². The number of nitrogens with zero attached hydrogens (tertiary/aromatic N) is 3. The zero-order valence-corrected chi connectivity index (χ0v) is 35.7. The Bertz CT molecular complexity index is 3900. The van der Waals surface area contributed by atoms with E-state index < -0.39 is 0 Å². The van der Waals surface area contributed by atoms with E-state index in [0.29, 0.717) is 11.6 Å². The van der Waals surface area contributed by atoms with Crippen LogP contribution in [-0.4, -0.2) is 15.0 Å². The maximum atomic E-state index is 6.58. The van der Waals surface area contributed by atoms with Crippen LogP contribution in [-0.2, 0) is 0 Å². The molecule has 0 amide bonds. The molecular weight excluding hydrogens is 807 g/mol. The normalized spacial score (nSPS) is 13.9. The molecule has 12 aromatic rings. The van der Waals surface area contributed by atoms with Gasteiger partial charge in [-0.15, -0.1) is 0 Å². The van der Waals surface area contributed by atoms with Gasteiger partial charge in [0.05, 0.1) is 0 Å². The van der Waals surface area contributed by atoms with Crippen molar-refractivity contribution < 1.29 is 8.83 Å². The van der Waals surface area contributed by atoms with Gasteiger partial charge < -0.3 is 8.83 Å². The van der Waals surface area contributed by atoms with Crippen LogP contribution in [0.3, 0.4) is 0 Å². The predicted octanol–water partition coefficient (Wildman–Crippen LogP) is 16.3. The molecule has 0 radical (unpaired) electrons. The highest BCUT2D eigenvalue weighted by atomic mass is 16.3. The summed E-state index contributed by atoms with van der Waals surface area (Å²) in [6, 6.07) is 70.1. The Labute approximate surface area is 380 Å². The van der Waals surface area contributed by atoms with E-state index in [1.807, 2.05) is 54.6 Å². The van der Waals surface area contributed by atoms with Crippen LogP contribution < -0.4 is 0 Å². The monoisotopic (exact) mass is 845 g/mol. The van der Waals surface area contributed by atoms with Gasteiger partial charge in [0, 0.05) is 38.6 Å². The maximum Gasteiger partial charge on any atom is 0.164 e. The summed E-state index contributed by atoms with van der Waals surface area (Å²) < 4.78 is 12.8. The second-order valence-corrected chi connectivity index (χ2v) is 17.0. The topological polar surface area (TPSA) is 65.0 Å². The predicted molar refractivity (Wildman–Crippen MR) is 270 cm³/mol. The van der Waals surface area contributed by atoms with Crippen LogP contribution in [0.2, 0.25) is 0 Å². The van der Waals surface area contributed by atoms with Crippen molar-refractivity contribution in [3.05, 3.63) is 230 Å². The number of hydrogen-bond acceptors (Lipinski definition) is 5. The summed E-state index contributed by atoms with van der Waals surface area (Å²) in [5.41, 5.74) is 14.6. The first kappa shape index (κ1) is 37.8. The van der Waals surface area contributed by atoms with Gasteiger partial charge in [-0.25, -0.2) is 15.0 Å². The number of benzene rings is 9. The summed E-state index contributed by atoms with van der Waals surface area (Å²) in [7, 11) is 0. The van der Waals surface area contributed by atoms with Gasteiger partial charge in [-0.1, -0.05) is 182 Å². The van der Waals surface area contributed by atoms with E-state index in [4.69, 9.17) is 23.8 Å². The van der Waals surface area contributed by atoms with Crippen molar-refractivity contribution >= 4 is 60.2 Å². The molecule has 0 fully saturated rings. The zero-order chi connectivity index (χ0) is 43.6. The first-order valence-corrected chi connectivity index (χ1v) is 22.4. The lowest BCUT2D eigenvalue weighted by Gasteiger charge is -2.18. The molecule has 1 aliphatic rings. The van der Waals surface area contributed by atoms with Gasteiger partial charge in [-0.2, -0.15) is 0 Å². The molecule has 0 bridgehead atoms. The Morgan fingerprint density at radius 3 is 1.71 bits per heavy atom. The molecule has 1 atom stereocenters. The lowest BCUT2D eigenvalue weighted by atomic mass is 9.89. The van der Waals surface area contributed by atoms with Gasteiger partial charge in [-0.05, 0) is 98.1 Å². The second kappa shape index (κ2) is 15.5. The highest BCUT2D eigenvalue weighted by Gasteiger charge is 2.22. The molecule has 13 rings (SSSR count). The molecule has 0 saturated carbocycles. The van der Waals surface area contributed by atoms with E-state index in [-0.39, 0.29) is 5.92 Å². The molecule has 3 aromatic heterocycles. The van der Waals surface area contributed by atoms with E-state index in [1.54, 1.807) is 0 Å². The smallest absolute Gasteiger partial charge is 0.164 e. The van der Waals surface area contributed by atoms with Crippen molar-refractivity contribution in [2.45, 2.75) is 12.3 Å². The van der Waals surface area contributed by atoms with Crippen LogP contribution in [0.5, 0.6) is 0 Å². The third kappa shape index (κ3) is 6.51. The first-order valence-electron chi connectivity index (χ1n) is 22.4. The second-order valence-electron chi connectivity index (χ2n) is 17.0. The molecular formula is C61H39N3O2. The number of rotatable bonds is 7. The van der Waals surface area contributed by atoms with Crippen molar-refractivity contribution in [3.8, 4) is 56.2 Å². The molecule has 0 spiro atoms. The molecule has 0 N–H and O–H groups in total. The van der Waals surface area contributed by atoms with Crippen LogP contribution in [0.4, 0.5) is 0 Å². The van der Waals surface area contributed by atoms with Gasteiger partial charge in [0.2, 0.25) is 0 Å². The Morgan fingerprint density at radius 1 is 0.379 bits per heavy atom. The summed E-state index contributed by atoms with van der Waals surface area (Å²) in [4.78, 5) is 15.4. The van der Waals surface area contributed by atoms with Gasteiger partial charge in [0.15, 0.2) is 11.6 Å². The molecule has 0 aliphatic heterocycles. The minimum absolute atomic E-state index is 0.0284. The van der Waals surface area contributed by atoms with Gasteiger partial charge in [-0.3, -0.25) is 0 Å². The van der Waals surface area contributed by atoms with E-state index in [9.17, 15) is 0 Å². The Balaban J connectivity index is 0.857. The number of furan rings is 2. The van der Waals surface area contributed by atoms with E-state index in [0.717, 1.165) is 83.9 Å². The molecule has 3 heterocycles. The number of hydrogen-bond donors (Lipinski definition) is 0.